The predicted molar refractivity (Wildman–Crippen MR) is 83.6 cm³/mol. The molecule has 122 valence electrons. The molecule has 2 unspecified atom stereocenters. The summed E-state index contributed by atoms with van der Waals surface area (Å²) in [5, 5.41) is 34.0. The molecule has 0 bridgehead atoms. The molecule has 0 amide bonds. The molecule has 3 N–H and O–H groups in total. The summed E-state index contributed by atoms with van der Waals surface area (Å²) in [5.74, 6) is 0. The Bertz CT molecular complexity index is 470. The van der Waals surface area contributed by atoms with Crippen LogP contribution in [0.1, 0.15) is 50.2 Å². The van der Waals surface area contributed by atoms with E-state index in [1.807, 2.05) is 0 Å². The Morgan fingerprint density at radius 2 is 1.77 bits per heavy atom. The highest BCUT2D eigenvalue weighted by Crippen LogP contribution is 2.23. The van der Waals surface area contributed by atoms with Crippen molar-refractivity contribution in [1.82, 2.24) is 5.32 Å². The number of non-ortho nitro benzene ring substituents is 1. The summed E-state index contributed by atoms with van der Waals surface area (Å²) in [7, 11) is 0. The zero-order chi connectivity index (χ0) is 15.9. The Morgan fingerprint density at radius 3 is 2.27 bits per heavy atom. The van der Waals surface area contributed by atoms with Gasteiger partial charge in [0.2, 0.25) is 0 Å². The van der Waals surface area contributed by atoms with Crippen molar-refractivity contribution in [1.29, 1.82) is 0 Å². The Balaban J connectivity index is 2.00. The number of nitrogens with zero attached hydrogens (tertiary/aromatic N) is 1. The summed E-state index contributed by atoms with van der Waals surface area (Å²) in [6.45, 7) is -0.172. The molecule has 22 heavy (non-hydrogen) atoms. The number of hydrogen-bond donors (Lipinski definition) is 3. The minimum absolute atomic E-state index is 0.00627. The second-order valence-corrected chi connectivity index (χ2v) is 5.94. The summed E-state index contributed by atoms with van der Waals surface area (Å²) < 4.78 is 0. The lowest BCUT2D eigenvalue weighted by molar-refractivity contribution is -0.384. The molecule has 0 saturated heterocycles. The Labute approximate surface area is 130 Å². The van der Waals surface area contributed by atoms with E-state index >= 15 is 0 Å². The number of aliphatic hydroxyl groups is 2. The second-order valence-electron chi connectivity index (χ2n) is 5.94. The van der Waals surface area contributed by atoms with Gasteiger partial charge in [-0.3, -0.25) is 10.1 Å². The molecular formula is C16H24N2O4. The summed E-state index contributed by atoms with van der Waals surface area (Å²) in [6.07, 6.45) is 6.06. The maximum Gasteiger partial charge on any atom is 0.269 e. The van der Waals surface area contributed by atoms with Crippen LogP contribution in [0.3, 0.4) is 0 Å². The molecule has 0 radical (unpaired) electrons. The molecule has 2 rings (SSSR count). The first kappa shape index (κ1) is 16.9. The van der Waals surface area contributed by atoms with E-state index in [1.165, 1.54) is 37.8 Å². The van der Waals surface area contributed by atoms with Crippen molar-refractivity contribution in [2.45, 2.75) is 56.7 Å². The highest BCUT2D eigenvalue weighted by atomic mass is 16.6. The third-order valence-electron chi connectivity index (χ3n) is 4.33. The summed E-state index contributed by atoms with van der Waals surface area (Å²) in [5.41, 5.74) is 0.569. The first-order chi connectivity index (χ1) is 10.6. The first-order valence-corrected chi connectivity index (χ1v) is 7.91. The average Bonchev–Trinajstić information content (AvgIpc) is 2.80. The topological polar surface area (TPSA) is 95.6 Å². The van der Waals surface area contributed by atoms with Crippen LogP contribution in [0, 0.1) is 10.1 Å². The Hall–Kier alpha value is -1.50. The van der Waals surface area contributed by atoms with E-state index in [4.69, 9.17) is 0 Å². The van der Waals surface area contributed by atoms with Crippen LogP contribution in [0.15, 0.2) is 24.3 Å². The number of nitro benzene ring substituents is 1. The van der Waals surface area contributed by atoms with E-state index in [0.29, 0.717) is 11.6 Å². The van der Waals surface area contributed by atoms with Crippen LogP contribution in [-0.4, -0.2) is 33.8 Å². The number of nitrogens with one attached hydrogen (secondary N) is 1. The first-order valence-electron chi connectivity index (χ1n) is 7.91. The minimum atomic E-state index is -0.881. The SMILES string of the molecule is O=[N+]([O-])c1ccc(C(O)C(CO)NC2CCCCCC2)cc1. The van der Waals surface area contributed by atoms with Gasteiger partial charge < -0.3 is 15.5 Å². The van der Waals surface area contributed by atoms with E-state index in [9.17, 15) is 20.3 Å². The zero-order valence-corrected chi connectivity index (χ0v) is 12.6. The van der Waals surface area contributed by atoms with Gasteiger partial charge >= 0.3 is 0 Å². The van der Waals surface area contributed by atoms with E-state index < -0.39 is 17.1 Å². The van der Waals surface area contributed by atoms with Crippen LogP contribution < -0.4 is 5.32 Å². The maximum atomic E-state index is 10.7. The third-order valence-corrected chi connectivity index (χ3v) is 4.33. The van der Waals surface area contributed by atoms with Crippen molar-refractivity contribution >= 4 is 5.69 Å². The van der Waals surface area contributed by atoms with Crippen LogP contribution in [0.25, 0.3) is 0 Å². The van der Waals surface area contributed by atoms with Crippen LogP contribution in [-0.2, 0) is 0 Å². The molecule has 2 atom stereocenters. The molecule has 0 aliphatic heterocycles. The molecule has 1 aromatic rings. The van der Waals surface area contributed by atoms with Crippen LogP contribution in [0.2, 0.25) is 0 Å². The van der Waals surface area contributed by atoms with E-state index in [2.05, 4.69) is 5.32 Å². The lowest BCUT2D eigenvalue weighted by atomic mass is 10.00. The normalized spacial score (nSPS) is 19.4. The van der Waals surface area contributed by atoms with Gasteiger partial charge in [0.05, 0.1) is 23.7 Å². The quantitative estimate of drug-likeness (QED) is 0.426. The molecule has 1 aliphatic rings. The molecule has 0 aromatic heterocycles. The van der Waals surface area contributed by atoms with Gasteiger partial charge in [0, 0.05) is 18.2 Å². The number of nitro groups is 1. The van der Waals surface area contributed by atoms with Crippen molar-refractivity contribution in [2.75, 3.05) is 6.61 Å². The average molecular weight is 308 g/mol. The lowest BCUT2D eigenvalue weighted by Gasteiger charge is -2.27. The second kappa shape index (κ2) is 8.22. The largest absolute Gasteiger partial charge is 0.395 e. The van der Waals surface area contributed by atoms with Gasteiger partial charge in [0.25, 0.3) is 5.69 Å². The monoisotopic (exact) mass is 308 g/mol. The van der Waals surface area contributed by atoms with Crippen molar-refractivity contribution < 1.29 is 15.1 Å². The number of aliphatic hydroxyl groups excluding tert-OH is 2. The van der Waals surface area contributed by atoms with Gasteiger partial charge in [-0.15, -0.1) is 0 Å². The Kier molecular flexibility index (Phi) is 6.30. The van der Waals surface area contributed by atoms with Gasteiger partial charge in [0.1, 0.15) is 0 Å². The molecule has 0 spiro atoms. The highest BCUT2D eigenvalue weighted by molar-refractivity contribution is 5.34. The van der Waals surface area contributed by atoms with Crippen LogP contribution >= 0.6 is 0 Å². The summed E-state index contributed by atoms with van der Waals surface area (Å²) in [4.78, 5) is 10.2. The van der Waals surface area contributed by atoms with Crippen LogP contribution in [0.4, 0.5) is 5.69 Å². The van der Waals surface area contributed by atoms with Gasteiger partial charge in [-0.25, -0.2) is 0 Å². The summed E-state index contributed by atoms with van der Waals surface area (Å²) in [6, 6.07) is 5.69. The fourth-order valence-corrected chi connectivity index (χ4v) is 3.02. The van der Waals surface area contributed by atoms with Gasteiger partial charge in [-0.05, 0) is 30.5 Å². The van der Waals surface area contributed by atoms with Crippen molar-refractivity contribution in [2.24, 2.45) is 0 Å². The Morgan fingerprint density at radius 1 is 1.18 bits per heavy atom. The number of hydrogen-bond acceptors (Lipinski definition) is 5. The van der Waals surface area contributed by atoms with Crippen molar-refractivity contribution in [3.05, 3.63) is 39.9 Å². The van der Waals surface area contributed by atoms with E-state index in [0.717, 1.165) is 12.8 Å². The molecule has 0 heterocycles. The van der Waals surface area contributed by atoms with Gasteiger partial charge in [-0.1, -0.05) is 25.7 Å². The third kappa shape index (κ3) is 4.50. The standard InChI is InChI=1S/C16H24N2O4/c19-11-15(17-13-5-3-1-2-4-6-13)16(20)12-7-9-14(10-8-12)18(21)22/h7-10,13,15-17,19-20H,1-6,11H2. The molecule has 1 aliphatic carbocycles. The van der Waals surface area contributed by atoms with Gasteiger partial charge in [-0.2, -0.15) is 0 Å². The molecule has 6 heteroatoms. The van der Waals surface area contributed by atoms with E-state index in [-0.39, 0.29) is 12.3 Å². The number of benzene rings is 1. The molecular weight excluding hydrogens is 284 g/mol. The fourth-order valence-electron chi connectivity index (χ4n) is 3.02. The van der Waals surface area contributed by atoms with Crippen LogP contribution in [0.5, 0.6) is 0 Å². The lowest BCUT2D eigenvalue weighted by Crippen LogP contribution is -2.44. The molecule has 6 nitrogen and oxygen atoms in total. The smallest absolute Gasteiger partial charge is 0.269 e. The molecule has 1 fully saturated rings. The van der Waals surface area contributed by atoms with Gasteiger partial charge in [0.15, 0.2) is 0 Å². The fraction of sp³-hybridized carbons (Fsp3) is 0.625. The minimum Gasteiger partial charge on any atom is -0.395 e. The van der Waals surface area contributed by atoms with E-state index in [1.54, 1.807) is 12.1 Å². The maximum absolute atomic E-state index is 10.7. The van der Waals surface area contributed by atoms with Crippen molar-refractivity contribution in [3.8, 4) is 0 Å². The summed E-state index contributed by atoms with van der Waals surface area (Å²) >= 11 is 0. The van der Waals surface area contributed by atoms with Crippen molar-refractivity contribution in [3.63, 3.8) is 0 Å². The highest BCUT2D eigenvalue weighted by Gasteiger charge is 2.24. The number of rotatable bonds is 6. The predicted octanol–water partition coefficient (Wildman–Crippen LogP) is 2.30. The molecule has 1 aromatic carbocycles. The zero-order valence-electron chi connectivity index (χ0n) is 12.6. The molecule has 1 saturated carbocycles.